The Morgan fingerprint density at radius 3 is 2.94 bits per heavy atom. The van der Waals surface area contributed by atoms with Crippen LogP contribution < -0.4 is 5.32 Å². The lowest BCUT2D eigenvalue weighted by Gasteiger charge is -2.31. The van der Waals surface area contributed by atoms with Crippen LogP contribution in [0.3, 0.4) is 0 Å². The number of hydrogen-bond donors (Lipinski definition) is 2. The van der Waals surface area contributed by atoms with E-state index < -0.39 is 0 Å². The predicted octanol–water partition coefficient (Wildman–Crippen LogP) is 2.48. The van der Waals surface area contributed by atoms with E-state index in [4.69, 9.17) is 0 Å². The van der Waals surface area contributed by atoms with Gasteiger partial charge in [-0.15, -0.1) is 0 Å². The van der Waals surface area contributed by atoms with Gasteiger partial charge in [0.05, 0.1) is 5.52 Å². The summed E-state index contributed by atoms with van der Waals surface area (Å²) < 4.78 is 0. The fraction of sp³-hybridized carbons (Fsp3) is 0.429. The summed E-state index contributed by atoms with van der Waals surface area (Å²) in [5.74, 6) is 0.561. The van der Waals surface area contributed by atoms with Crippen molar-refractivity contribution in [2.45, 2.75) is 32.2 Å². The Labute approximate surface area is 106 Å². The van der Waals surface area contributed by atoms with E-state index in [9.17, 15) is 4.79 Å². The second-order valence-electron chi connectivity index (χ2n) is 5.07. The van der Waals surface area contributed by atoms with Crippen molar-refractivity contribution >= 4 is 16.8 Å². The monoisotopic (exact) mass is 243 g/mol. The predicted molar refractivity (Wildman–Crippen MR) is 70.4 cm³/mol. The molecule has 1 unspecified atom stereocenters. The third kappa shape index (κ3) is 1.88. The molecule has 0 aliphatic heterocycles. The number of carbonyl (C=O) groups excluding carboxylic acids is 1. The van der Waals surface area contributed by atoms with E-state index in [0.29, 0.717) is 11.6 Å². The maximum atomic E-state index is 12.2. The second kappa shape index (κ2) is 4.44. The van der Waals surface area contributed by atoms with Crippen molar-refractivity contribution in [2.24, 2.45) is 5.92 Å². The summed E-state index contributed by atoms with van der Waals surface area (Å²) in [6.45, 7) is 2.08. The minimum atomic E-state index is -0.0770. The molecule has 1 atom stereocenters. The standard InChI is InChI=1S/C14H17N3O/c1-9(10-5-4-6-10)15-14(18)13-11-7-2-3-8-12(11)16-17-13/h2-3,7-10H,4-6H2,1H3,(H,15,18)(H,16,17). The van der Waals surface area contributed by atoms with Crippen molar-refractivity contribution < 1.29 is 4.79 Å². The van der Waals surface area contributed by atoms with Crippen LogP contribution in [0.2, 0.25) is 0 Å². The largest absolute Gasteiger partial charge is 0.348 e. The highest BCUT2D eigenvalue weighted by molar-refractivity contribution is 6.04. The molecule has 1 aromatic heterocycles. The number of H-pyrrole nitrogens is 1. The normalized spacial score (nSPS) is 17.4. The lowest BCUT2D eigenvalue weighted by molar-refractivity contribution is 0.0906. The number of fused-ring (bicyclic) bond motifs is 1. The molecule has 4 nitrogen and oxygen atoms in total. The van der Waals surface area contributed by atoms with Crippen molar-refractivity contribution in [1.82, 2.24) is 15.5 Å². The number of nitrogens with one attached hydrogen (secondary N) is 2. The lowest BCUT2D eigenvalue weighted by Crippen LogP contribution is -2.40. The van der Waals surface area contributed by atoms with Crippen LogP contribution in [-0.2, 0) is 0 Å². The van der Waals surface area contributed by atoms with Crippen LogP contribution in [-0.4, -0.2) is 22.1 Å². The van der Waals surface area contributed by atoms with Crippen molar-refractivity contribution in [3.8, 4) is 0 Å². The van der Waals surface area contributed by atoms with Gasteiger partial charge in [-0.2, -0.15) is 5.10 Å². The van der Waals surface area contributed by atoms with Gasteiger partial charge in [-0.05, 0) is 31.7 Å². The van der Waals surface area contributed by atoms with Crippen LogP contribution in [0.15, 0.2) is 24.3 Å². The molecule has 1 fully saturated rings. The molecule has 4 heteroatoms. The molecule has 94 valence electrons. The number of amides is 1. The Bertz CT molecular complexity index is 571. The Balaban J connectivity index is 1.79. The lowest BCUT2D eigenvalue weighted by atomic mass is 9.80. The van der Waals surface area contributed by atoms with Crippen molar-refractivity contribution in [1.29, 1.82) is 0 Å². The molecule has 0 bridgehead atoms. The average Bonchev–Trinajstić information content (AvgIpc) is 2.69. The van der Waals surface area contributed by atoms with Crippen molar-refractivity contribution in [3.63, 3.8) is 0 Å². The number of rotatable bonds is 3. The van der Waals surface area contributed by atoms with Gasteiger partial charge in [0, 0.05) is 11.4 Å². The first-order valence-corrected chi connectivity index (χ1v) is 6.49. The molecular formula is C14H17N3O. The molecule has 3 rings (SSSR count). The number of nitrogens with zero attached hydrogens (tertiary/aromatic N) is 1. The van der Waals surface area contributed by atoms with Crippen molar-refractivity contribution in [2.75, 3.05) is 0 Å². The fourth-order valence-corrected chi connectivity index (χ4v) is 2.47. The first-order valence-electron chi connectivity index (χ1n) is 6.49. The smallest absolute Gasteiger partial charge is 0.272 e. The van der Waals surface area contributed by atoms with Crippen LogP contribution in [0, 0.1) is 5.92 Å². The quantitative estimate of drug-likeness (QED) is 0.870. The summed E-state index contributed by atoms with van der Waals surface area (Å²) in [5, 5.41) is 10.9. The van der Waals surface area contributed by atoms with E-state index in [2.05, 4.69) is 22.4 Å². The van der Waals surface area contributed by atoms with E-state index in [-0.39, 0.29) is 11.9 Å². The minimum Gasteiger partial charge on any atom is -0.348 e. The maximum absolute atomic E-state index is 12.2. The second-order valence-corrected chi connectivity index (χ2v) is 5.07. The highest BCUT2D eigenvalue weighted by Crippen LogP contribution is 2.29. The van der Waals surface area contributed by atoms with Crippen LogP contribution in [0.25, 0.3) is 10.9 Å². The molecule has 1 aliphatic rings. The van der Waals surface area contributed by atoms with E-state index in [0.717, 1.165) is 10.9 Å². The SMILES string of the molecule is CC(NC(=O)c1n[nH]c2ccccc12)C1CCC1. The molecule has 1 amide bonds. The van der Waals surface area contributed by atoms with Gasteiger partial charge in [0.25, 0.3) is 5.91 Å². The van der Waals surface area contributed by atoms with Crippen LogP contribution >= 0.6 is 0 Å². The van der Waals surface area contributed by atoms with Crippen LogP contribution in [0.1, 0.15) is 36.7 Å². The molecule has 18 heavy (non-hydrogen) atoms. The topological polar surface area (TPSA) is 57.8 Å². The number of aromatic amines is 1. The zero-order chi connectivity index (χ0) is 12.5. The van der Waals surface area contributed by atoms with Crippen LogP contribution in [0.4, 0.5) is 0 Å². The number of carbonyl (C=O) groups is 1. The van der Waals surface area contributed by atoms with Crippen molar-refractivity contribution in [3.05, 3.63) is 30.0 Å². The zero-order valence-corrected chi connectivity index (χ0v) is 10.4. The van der Waals surface area contributed by atoms with Gasteiger partial charge >= 0.3 is 0 Å². The Morgan fingerprint density at radius 2 is 2.22 bits per heavy atom. The summed E-state index contributed by atoms with van der Waals surface area (Å²) in [4.78, 5) is 12.2. The summed E-state index contributed by atoms with van der Waals surface area (Å²) in [6, 6.07) is 7.93. The fourth-order valence-electron chi connectivity index (χ4n) is 2.47. The average molecular weight is 243 g/mol. The molecule has 1 aromatic carbocycles. The Kier molecular flexibility index (Phi) is 2.78. The van der Waals surface area contributed by atoms with Gasteiger partial charge in [0.2, 0.25) is 0 Å². The molecule has 1 saturated carbocycles. The van der Waals surface area contributed by atoms with E-state index >= 15 is 0 Å². The summed E-state index contributed by atoms with van der Waals surface area (Å²) in [6.07, 6.45) is 3.74. The molecule has 2 N–H and O–H groups in total. The molecule has 2 aromatic rings. The van der Waals surface area contributed by atoms with Gasteiger partial charge in [0.15, 0.2) is 5.69 Å². The maximum Gasteiger partial charge on any atom is 0.272 e. The summed E-state index contributed by atoms with van der Waals surface area (Å²) in [7, 11) is 0. The molecule has 0 spiro atoms. The molecule has 0 radical (unpaired) electrons. The third-order valence-corrected chi connectivity index (χ3v) is 3.90. The molecular weight excluding hydrogens is 226 g/mol. The van der Waals surface area contributed by atoms with Gasteiger partial charge in [-0.1, -0.05) is 24.6 Å². The molecule has 0 saturated heterocycles. The van der Waals surface area contributed by atoms with E-state index in [1.54, 1.807) is 0 Å². The number of hydrogen-bond acceptors (Lipinski definition) is 2. The molecule has 1 aliphatic carbocycles. The van der Waals surface area contributed by atoms with E-state index in [1.165, 1.54) is 19.3 Å². The Morgan fingerprint density at radius 1 is 1.44 bits per heavy atom. The minimum absolute atomic E-state index is 0.0770. The summed E-state index contributed by atoms with van der Waals surface area (Å²) >= 11 is 0. The highest BCUT2D eigenvalue weighted by atomic mass is 16.2. The van der Waals surface area contributed by atoms with Gasteiger partial charge in [-0.25, -0.2) is 0 Å². The molecule has 1 heterocycles. The van der Waals surface area contributed by atoms with Gasteiger partial charge in [0.1, 0.15) is 0 Å². The van der Waals surface area contributed by atoms with Gasteiger partial charge < -0.3 is 5.32 Å². The van der Waals surface area contributed by atoms with Crippen LogP contribution in [0.5, 0.6) is 0 Å². The third-order valence-electron chi connectivity index (χ3n) is 3.90. The Hall–Kier alpha value is -1.84. The summed E-state index contributed by atoms with van der Waals surface area (Å²) in [5.41, 5.74) is 1.40. The number of aromatic nitrogens is 2. The highest BCUT2D eigenvalue weighted by Gasteiger charge is 2.26. The number of para-hydroxylation sites is 1. The zero-order valence-electron chi connectivity index (χ0n) is 10.4. The number of benzene rings is 1. The van der Waals surface area contributed by atoms with E-state index in [1.807, 2.05) is 24.3 Å². The van der Waals surface area contributed by atoms with Gasteiger partial charge in [-0.3, -0.25) is 9.89 Å². The first kappa shape index (κ1) is 11.3. The first-order chi connectivity index (χ1) is 8.75.